The Morgan fingerprint density at radius 2 is 1.86 bits per heavy atom. The summed E-state index contributed by atoms with van der Waals surface area (Å²) in [6.07, 6.45) is 7.49. The van der Waals surface area contributed by atoms with Crippen molar-refractivity contribution in [2.24, 2.45) is 5.92 Å². The molecule has 0 spiro atoms. The number of ketones is 1. The van der Waals surface area contributed by atoms with E-state index < -0.39 is 16.7 Å². The van der Waals surface area contributed by atoms with E-state index in [1.165, 1.54) is 7.11 Å². The Morgan fingerprint density at radius 1 is 1.11 bits per heavy atom. The molecular formula is C29H37N2O5S+. The Bertz CT molecular complexity index is 1340. The molecule has 0 radical (unpaired) electrons. The van der Waals surface area contributed by atoms with E-state index in [9.17, 15) is 13.8 Å². The summed E-state index contributed by atoms with van der Waals surface area (Å²) in [5, 5.41) is 0.851. The van der Waals surface area contributed by atoms with Crippen molar-refractivity contribution in [3.8, 4) is 0 Å². The van der Waals surface area contributed by atoms with E-state index in [2.05, 4.69) is 18.7 Å². The van der Waals surface area contributed by atoms with Crippen molar-refractivity contribution in [2.75, 3.05) is 25.1 Å². The highest BCUT2D eigenvalue weighted by molar-refractivity contribution is 7.80. The van der Waals surface area contributed by atoms with Crippen LogP contribution in [0.1, 0.15) is 58.2 Å². The zero-order valence-electron chi connectivity index (χ0n) is 22.4. The lowest BCUT2D eigenvalue weighted by atomic mass is 10.0. The highest BCUT2D eigenvalue weighted by Gasteiger charge is 2.15. The molecule has 0 bridgehead atoms. The van der Waals surface area contributed by atoms with Gasteiger partial charge in [0.1, 0.15) is 22.8 Å². The van der Waals surface area contributed by atoms with Gasteiger partial charge in [0.25, 0.3) is 0 Å². The van der Waals surface area contributed by atoms with E-state index in [-0.39, 0.29) is 11.7 Å². The monoisotopic (exact) mass is 525 g/mol. The molecule has 198 valence electrons. The molecule has 0 fully saturated rings. The van der Waals surface area contributed by atoms with Crippen LogP contribution in [0.15, 0.2) is 56.7 Å². The molecule has 3 rings (SSSR count). The van der Waals surface area contributed by atoms with Gasteiger partial charge in [0.2, 0.25) is 5.69 Å². The number of unbranched alkanes of at least 4 members (excludes halogenated alkanes) is 1. The Kier molecular flexibility index (Phi) is 10.3. The predicted molar refractivity (Wildman–Crippen MR) is 149 cm³/mol. The molecule has 0 saturated heterocycles. The van der Waals surface area contributed by atoms with E-state index in [1.54, 1.807) is 18.3 Å². The van der Waals surface area contributed by atoms with Gasteiger partial charge >= 0.3 is 5.63 Å². The van der Waals surface area contributed by atoms with E-state index in [1.807, 2.05) is 54.8 Å². The van der Waals surface area contributed by atoms with Gasteiger partial charge in [-0.2, -0.15) is 4.57 Å². The third-order valence-electron chi connectivity index (χ3n) is 6.40. The topological polar surface area (TPSA) is 80.7 Å². The molecule has 0 amide bonds. The van der Waals surface area contributed by atoms with Crippen molar-refractivity contribution in [2.45, 2.75) is 58.4 Å². The average molecular weight is 526 g/mol. The maximum absolute atomic E-state index is 12.7. The van der Waals surface area contributed by atoms with Crippen LogP contribution in [0.2, 0.25) is 0 Å². The molecule has 1 aromatic carbocycles. The molecular weight excluding hydrogens is 488 g/mol. The van der Waals surface area contributed by atoms with Gasteiger partial charge < -0.3 is 9.32 Å². The SMILES string of the molecule is CCN(CC)c1ccc2cc(/C=C/c3ccc(S(=O)OC)c[n+]3CCCCC(=O)C(C)C)c(=O)oc2c1. The van der Waals surface area contributed by atoms with Crippen LogP contribution < -0.4 is 15.1 Å². The molecule has 1 atom stereocenters. The van der Waals surface area contributed by atoms with E-state index in [0.29, 0.717) is 29.0 Å². The molecule has 3 aromatic rings. The van der Waals surface area contributed by atoms with Crippen LogP contribution in [-0.4, -0.2) is 30.2 Å². The Balaban J connectivity index is 1.86. The van der Waals surface area contributed by atoms with Gasteiger partial charge in [-0.25, -0.2) is 9.00 Å². The second kappa shape index (κ2) is 13.4. The molecule has 37 heavy (non-hydrogen) atoms. The van der Waals surface area contributed by atoms with Crippen LogP contribution in [0.3, 0.4) is 0 Å². The molecule has 2 heterocycles. The number of fused-ring (bicyclic) bond motifs is 1. The van der Waals surface area contributed by atoms with Crippen LogP contribution in [0.4, 0.5) is 5.69 Å². The highest BCUT2D eigenvalue weighted by Crippen LogP contribution is 2.22. The minimum absolute atomic E-state index is 0.0380. The number of anilines is 1. The summed E-state index contributed by atoms with van der Waals surface area (Å²) >= 11 is -1.56. The molecule has 7 nitrogen and oxygen atoms in total. The third-order valence-corrected chi connectivity index (χ3v) is 7.33. The maximum atomic E-state index is 12.7. The quantitative estimate of drug-likeness (QED) is 0.174. The number of pyridine rings is 1. The number of carbonyl (C=O) groups excluding carboxylic acids is 1. The zero-order valence-corrected chi connectivity index (χ0v) is 23.2. The fraction of sp³-hybridized carbons (Fsp3) is 0.414. The van der Waals surface area contributed by atoms with E-state index >= 15 is 0 Å². The van der Waals surface area contributed by atoms with Crippen molar-refractivity contribution < 1.29 is 22.2 Å². The largest absolute Gasteiger partial charge is 0.422 e. The lowest BCUT2D eigenvalue weighted by Crippen LogP contribution is -2.37. The van der Waals surface area contributed by atoms with Crippen LogP contribution in [0.25, 0.3) is 23.1 Å². The molecule has 0 N–H and O–H groups in total. The molecule has 2 aromatic heterocycles. The Morgan fingerprint density at radius 3 is 2.54 bits per heavy atom. The molecule has 0 aliphatic rings. The van der Waals surface area contributed by atoms with Crippen molar-refractivity contribution in [1.82, 2.24) is 0 Å². The summed E-state index contributed by atoms with van der Waals surface area (Å²) in [5.41, 5.74) is 2.46. The smallest absolute Gasteiger partial charge is 0.343 e. The van der Waals surface area contributed by atoms with Crippen LogP contribution in [-0.2, 0) is 26.6 Å². The standard InChI is InChI=1S/C29H37N2O5S/c1-6-30(7-2)25-14-11-22-18-23(29(33)36-28(22)19-25)12-13-24-15-16-26(37(34)35-5)20-31(24)17-9-8-10-27(32)21(3)4/h11-16,18-21H,6-10,17H2,1-5H3/q+1. The first-order valence-electron chi connectivity index (χ1n) is 12.8. The fourth-order valence-electron chi connectivity index (χ4n) is 4.14. The van der Waals surface area contributed by atoms with Gasteiger partial charge in [-0.3, -0.25) is 8.98 Å². The second-order valence-electron chi connectivity index (χ2n) is 9.18. The van der Waals surface area contributed by atoms with Gasteiger partial charge in [0, 0.05) is 61.1 Å². The minimum atomic E-state index is -1.56. The van der Waals surface area contributed by atoms with Gasteiger partial charge in [0.05, 0.1) is 12.7 Å². The normalized spacial score (nSPS) is 12.5. The summed E-state index contributed by atoms with van der Waals surface area (Å²) in [6.45, 7) is 10.4. The zero-order chi connectivity index (χ0) is 26.9. The van der Waals surface area contributed by atoms with Gasteiger partial charge in [-0.15, -0.1) is 0 Å². The maximum Gasteiger partial charge on any atom is 0.343 e. The number of rotatable bonds is 13. The van der Waals surface area contributed by atoms with E-state index in [0.717, 1.165) is 42.7 Å². The second-order valence-corrected chi connectivity index (χ2v) is 10.5. The minimum Gasteiger partial charge on any atom is -0.422 e. The number of hydrogen-bond donors (Lipinski definition) is 0. The van der Waals surface area contributed by atoms with Crippen LogP contribution in [0.5, 0.6) is 0 Å². The van der Waals surface area contributed by atoms with Gasteiger partial charge in [-0.1, -0.05) is 13.8 Å². The van der Waals surface area contributed by atoms with Crippen molar-refractivity contribution in [1.29, 1.82) is 0 Å². The first kappa shape index (κ1) is 28.5. The molecule has 0 saturated carbocycles. The molecule has 0 aliphatic heterocycles. The van der Waals surface area contributed by atoms with Crippen molar-refractivity contribution in [3.63, 3.8) is 0 Å². The molecule has 0 aliphatic carbocycles. The third kappa shape index (κ3) is 7.46. The first-order valence-corrected chi connectivity index (χ1v) is 13.9. The highest BCUT2D eigenvalue weighted by atomic mass is 32.2. The number of benzene rings is 1. The number of Topliss-reactive ketones (excluding diaryl/α,β-unsaturated/α-hetero) is 1. The number of nitrogens with zero attached hydrogens (tertiary/aromatic N) is 2. The summed E-state index contributed by atoms with van der Waals surface area (Å²) in [4.78, 5) is 27.4. The Labute approximate surface area is 221 Å². The van der Waals surface area contributed by atoms with Crippen molar-refractivity contribution >= 4 is 45.7 Å². The summed E-state index contributed by atoms with van der Waals surface area (Å²) < 4.78 is 24.8. The Hall–Kier alpha value is -3.10. The molecule has 8 heteroatoms. The average Bonchev–Trinajstić information content (AvgIpc) is 2.90. The number of aromatic nitrogens is 1. The number of hydrogen-bond acceptors (Lipinski definition) is 6. The van der Waals surface area contributed by atoms with Gasteiger partial charge in [-0.05, 0) is 50.6 Å². The summed E-state index contributed by atoms with van der Waals surface area (Å²) in [7, 11) is 1.40. The summed E-state index contributed by atoms with van der Waals surface area (Å²) in [5.74, 6) is 0.294. The predicted octanol–water partition coefficient (Wildman–Crippen LogP) is 5.16. The van der Waals surface area contributed by atoms with Crippen LogP contribution >= 0.6 is 0 Å². The van der Waals surface area contributed by atoms with Crippen LogP contribution in [0, 0.1) is 5.92 Å². The first-order chi connectivity index (χ1) is 17.8. The lowest BCUT2D eigenvalue weighted by molar-refractivity contribution is -0.700. The number of aryl methyl sites for hydroxylation is 1. The van der Waals surface area contributed by atoms with Crippen molar-refractivity contribution in [3.05, 3.63) is 64.3 Å². The fourth-order valence-corrected chi connectivity index (χ4v) is 4.72. The number of carbonyl (C=O) groups is 1. The summed E-state index contributed by atoms with van der Waals surface area (Å²) in [6, 6.07) is 11.3. The van der Waals surface area contributed by atoms with E-state index in [4.69, 9.17) is 8.60 Å². The lowest BCUT2D eigenvalue weighted by Gasteiger charge is -2.20. The van der Waals surface area contributed by atoms with Gasteiger partial charge in [0.15, 0.2) is 17.3 Å². The molecule has 1 unspecified atom stereocenters.